The molecule has 0 unspecified atom stereocenters. The number of pyridine rings is 1. The fourth-order valence-electron chi connectivity index (χ4n) is 4.28. The van der Waals surface area contributed by atoms with Crippen molar-refractivity contribution < 1.29 is 19.4 Å². The molecular weight excluding hydrogens is 516 g/mol. The van der Waals surface area contributed by atoms with Crippen molar-refractivity contribution in [2.75, 3.05) is 23.3 Å². The van der Waals surface area contributed by atoms with Crippen molar-refractivity contribution in [1.82, 2.24) is 20.3 Å². The molecular formula is C25H33ClN6O4S. The zero-order chi connectivity index (χ0) is 26.8. The number of aliphatic carboxylic acids is 1. The van der Waals surface area contributed by atoms with E-state index in [0.29, 0.717) is 28.7 Å². The molecule has 200 valence electrons. The van der Waals surface area contributed by atoms with Gasteiger partial charge in [-0.15, -0.1) is 0 Å². The Morgan fingerprint density at radius 3 is 2.49 bits per heavy atom. The Kier molecular flexibility index (Phi) is 8.03. The molecule has 10 nitrogen and oxygen atoms in total. The van der Waals surface area contributed by atoms with Crippen LogP contribution in [-0.4, -0.2) is 62.4 Å². The number of carbonyl (C=O) groups excluding carboxylic acids is 1. The number of nitrogens with zero attached hydrogens (tertiary/aromatic N) is 4. The van der Waals surface area contributed by atoms with Crippen molar-refractivity contribution in [2.45, 2.75) is 80.5 Å². The van der Waals surface area contributed by atoms with Crippen molar-refractivity contribution in [1.29, 1.82) is 0 Å². The van der Waals surface area contributed by atoms with Crippen LogP contribution < -0.4 is 15.5 Å². The van der Waals surface area contributed by atoms with E-state index in [1.165, 1.54) is 11.8 Å². The van der Waals surface area contributed by atoms with Gasteiger partial charge in [-0.3, -0.25) is 4.79 Å². The summed E-state index contributed by atoms with van der Waals surface area (Å²) in [6.07, 6.45) is 7.40. The van der Waals surface area contributed by atoms with E-state index in [1.54, 1.807) is 18.6 Å². The van der Waals surface area contributed by atoms with Crippen LogP contribution in [0.25, 0.3) is 0 Å². The van der Waals surface area contributed by atoms with Crippen LogP contribution >= 0.6 is 23.4 Å². The largest absolute Gasteiger partial charge is 0.481 e. The maximum absolute atomic E-state index is 12.2. The van der Waals surface area contributed by atoms with Gasteiger partial charge in [0.05, 0.1) is 23.3 Å². The number of halogens is 1. The number of aromatic nitrogens is 3. The van der Waals surface area contributed by atoms with E-state index in [4.69, 9.17) is 21.4 Å². The van der Waals surface area contributed by atoms with Crippen molar-refractivity contribution >= 4 is 47.1 Å². The first-order chi connectivity index (χ1) is 17.4. The Morgan fingerprint density at radius 1 is 1.19 bits per heavy atom. The minimum Gasteiger partial charge on any atom is -0.481 e. The smallest absolute Gasteiger partial charge is 0.408 e. The van der Waals surface area contributed by atoms with Crippen molar-refractivity contribution in [2.24, 2.45) is 5.92 Å². The lowest BCUT2D eigenvalue weighted by Crippen LogP contribution is -2.54. The molecule has 37 heavy (non-hydrogen) atoms. The van der Waals surface area contributed by atoms with Crippen LogP contribution in [0.2, 0.25) is 5.02 Å². The zero-order valence-electron chi connectivity index (χ0n) is 21.5. The van der Waals surface area contributed by atoms with Crippen LogP contribution in [0, 0.1) is 5.92 Å². The number of carbonyl (C=O) groups is 2. The molecule has 0 atom stereocenters. The molecule has 2 aromatic heterocycles. The molecule has 2 fully saturated rings. The molecule has 3 heterocycles. The van der Waals surface area contributed by atoms with E-state index < -0.39 is 17.7 Å². The highest BCUT2D eigenvalue weighted by Crippen LogP contribution is 2.38. The average Bonchev–Trinajstić information content (AvgIpc) is 2.77. The van der Waals surface area contributed by atoms with Gasteiger partial charge in [-0.05, 0) is 59.4 Å². The molecule has 1 saturated carbocycles. The maximum atomic E-state index is 12.2. The monoisotopic (exact) mass is 548 g/mol. The first-order valence-electron chi connectivity index (χ1n) is 12.3. The highest BCUT2D eigenvalue weighted by Gasteiger charge is 2.35. The van der Waals surface area contributed by atoms with Crippen molar-refractivity contribution in [3.8, 4) is 0 Å². The lowest BCUT2D eigenvalue weighted by atomic mass is 9.80. The van der Waals surface area contributed by atoms with E-state index >= 15 is 0 Å². The van der Waals surface area contributed by atoms with Gasteiger partial charge in [0.2, 0.25) is 0 Å². The standard InChI is InChI=1S/C25H33ClN6O4S/c1-24(2,3)36-23(35)31-25(4)6-9-32(10-7-25)18-13-29-19(14-28-18)37-17-5-8-27-21(20(17)26)30-16-11-15(12-16)22(33)34/h5,8,13-16H,6-7,9-12H2,1-4H3,(H,27,30)(H,31,35)(H,33,34). The molecule has 4 rings (SSSR count). The third-order valence-electron chi connectivity index (χ3n) is 6.50. The lowest BCUT2D eigenvalue weighted by molar-refractivity contribution is -0.144. The molecule has 12 heteroatoms. The Balaban J connectivity index is 1.31. The van der Waals surface area contributed by atoms with E-state index in [2.05, 4.69) is 30.5 Å². The van der Waals surface area contributed by atoms with Crippen LogP contribution in [-0.2, 0) is 9.53 Å². The predicted molar refractivity (Wildman–Crippen MR) is 142 cm³/mol. The van der Waals surface area contributed by atoms with Crippen LogP contribution in [0.5, 0.6) is 0 Å². The van der Waals surface area contributed by atoms with Gasteiger partial charge in [-0.1, -0.05) is 23.4 Å². The molecule has 0 aromatic carbocycles. The number of ether oxygens (including phenoxy) is 1. The second-order valence-electron chi connectivity index (χ2n) is 10.8. The molecule has 1 aliphatic carbocycles. The number of hydrogen-bond donors (Lipinski definition) is 3. The van der Waals surface area contributed by atoms with Gasteiger partial charge >= 0.3 is 12.1 Å². The summed E-state index contributed by atoms with van der Waals surface area (Å²) in [5, 5.41) is 16.5. The summed E-state index contributed by atoms with van der Waals surface area (Å²) in [5.41, 5.74) is -0.864. The summed E-state index contributed by atoms with van der Waals surface area (Å²) in [4.78, 5) is 39.7. The second kappa shape index (κ2) is 10.9. The average molecular weight is 549 g/mol. The molecule has 2 aromatic rings. The third-order valence-corrected chi connectivity index (χ3v) is 7.98. The normalized spacial score (nSPS) is 21.1. The fourth-order valence-corrected chi connectivity index (χ4v) is 5.31. The summed E-state index contributed by atoms with van der Waals surface area (Å²) in [7, 11) is 0. The van der Waals surface area contributed by atoms with Crippen LogP contribution in [0.3, 0.4) is 0 Å². The lowest BCUT2D eigenvalue weighted by Gasteiger charge is -2.40. The van der Waals surface area contributed by atoms with E-state index in [1.807, 2.05) is 33.8 Å². The van der Waals surface area contributed by atoms with Crippen molar-refractivity contribution in [3.05, 3.63) is 29.7 Å². The number of alkyl carbamates (subject to hydrolysis) is 1. The highest BCUT2D eigenvalue weighted by atomic mass is 35.5. The minimum atomic E-state index is -0.764. The van der Waals surface area contributed by atoms with Gasteiger partial charge in [-0.25, -0.2) is 19.7 Å². The number of piperidine rings is 1. The quantitative estimate of drug-likeness (QED) is 0.442. The van der Waals surface area contributed by atoms with Crippen LogP contribution in [0.15, 0.2) is 34.6 Å². The number of hydrogen-bond acceptors (Lipinski definition) is 9. The molecule has 1 amide bonds. The molecule has 2 aliphatic rings. The molecule has 3 N–H and O–H groups in total. The summed E-state index contributed by atoms with van der Waals surface area (Å²) in [6.45, 7) is 9.07. The Bertz CT molecular complexity index is 1130. The predicted octanol–water partition coefficient (Wildman–Crippen LogP) is 4.83. The number of anilines is 2. The van der Waals surface area contributed by atoms with Gasteiger partial charge in [-0.2, -0.15) is 0 Å². The van der Waals surface area contributed by atoms with Crippen LogP contribution in [0.1, 0.15) is 53.4 Å². The SMILES string of the molecule is CC1(NC(=O)OC(C)(C)C)CCN(c2cnc(Sc3ccnc(NC4CC(C(=O)O)C4)c3Cl)cn2)CC1. The third kappa shape index (κ3) is 7.16. The first kappa shape index (κ1) is 27.3. The fraction of sp³-hybridized carbons (Fsp3) is 0.560. The number of nitrogens with one attached hydrogen (secondary N) is 2. The molecule has 0 spiro atoms. The van der Waals surface area contributed by atoms with Gasteiger partial charge in [0.15, 0.2) is 0 Å². The molecule has 0 radical (unpaired) electrons. The van der Waals surface area contributed by atoms with Crippen LogP contribution in [0.4, 0.5) is 16.4 Å². The van der Waals surface area contributed by atoms with E-state index in [9.17, 15) is 9.59 Å². The summed E-state index contributed by atoms with van der Waals surface area (Å²) in [6, 6.07) is 1.87. The zero-order valence-corrected chi connectivity index (χ0v) is 23.0. The van der Waals surface area contributed by atoms with Gasteiger partial charge in [0.25, 0.3) is 0 Å². The Morgan fingerprint density at radius 2 is 1.89 bits per heavy atom. The Labute approximate surface area is 225 Å². The molecule has 1 saturated heterocycles. The summed E-state index contributed by atoms with van der Waals surface area (Å²) < 4.78 is 5.41. The molecule has 1 aliphatic heterocycles. The number of rotatable bonds is 7. The first-order valence-corrected chi connectivity index (χ1v) is 13.5. The highest BCUT2D eigenvalue weighted by molar-refractivity contribution is 7.99. The van der Waals surface area contributed by atoms with E-state index in [-0.39, 0.29) is 17.5 Å². The second-order valence-corrected chi connectivity index (χ2v) is 12.2. The van der Waals surface area contributed by atoms with Crippen molar-refractivity contribution in [3.63, 3.8) is 0 Å². The summed E-state index contributed by atoms with van der Waals surface area (Å²) in [5.74, 6) is 0.253. The van der Waals surface area contributed by atoms with E-state index in [0.717, 1.165) is 36.6 Å². The number of amides is 1. The number of carboxylic acids is 1. The van der Waals surface area contributed by atoms with Gasteiger partial charge in [0.1, 0.15) is 22.3 Å². The Hall–Kier alpha value is -2.79. The summed E-state index contributed by atoms with van der Waals surface area (Å²) >= 11 is 7.97. The van der Waals surface area contributed by atoms with Gasteiger partial charge in [0, 0.05) is 35.8 Å². The minimum absolute atomic E-state index is 0.0520. The topological polar surface area (TPSA) is 130 Å². The maximum Gasteiger partial charge on any atom is 0.408 e. The molecule has 0 bridgehead atoms. The van der Waals surface area contributed by atoms with Gasteiger partial charge < -0.3 is 25.4 Å². The number of carboxylic acid groups (broad SMARTS) is 1.